The Labute approximate surface area is 132 Å². The van der Waals surface area contributed by atoms with Crippen LogP contribution in [0.15, 0.2) is 22.7 Å². The summed E-state index contributed by atoms with van der Waals surface area (Å²) < 4.78 is 6.02. The number of methoxy groups -OCH3 is 1. The van der Waals surface area contributed by atoms with Crippen LogP contribution >= 0.6 is 15.9 Å². The zero-order valence-electron chi connectivity index (χ0n) is 12.0. The average molecular weight is 358 g/mol. The van der Waals surface area contributed by atoms with Crippen molar-refractivity contribution in [1.29, 1.82) is 0 Å². The van der Waals surface area contributed by atoms with Crippen LogP contribution in [0, 0.1) is 0 Å². The number of aryl methyl sites for hydroxylation is 1. The van der Waals surface area contributed by atoms with Gasteiger partial charge in [0.25, 0.3) is 0 Å². The normalized spacial score (nSPS) is 10.2. The molecule has 21 heavy (non-hydrogen) atoms. The first kappa shape index (κ1) is 17.5. The van der Waals surface area contributed by atoms with Crippen molar-refractivity contribution >= 4 is 27.8 Å². The molecule has 1 rings (SSSR count). The fraction of sp³-hybridized carbons (Fsp3) is 0.467. The number of carboxylic acid groups (broad SMARTS) is 1. The van der Waals surface area contributed by atoms with Crippen molar-refractivity contribution in [3.63, 3.8) is 0 Å². The van der Waals surface area contributed by atoms with E-state index in [0.29, 0.717) is 32.2 Å². The minimum absolute atomic E-state index is 0.0164. The van der Waals surface area contributed by atoms with Crippen LogP contribution in [-0.4, -0.2) is 30.6 Å². The molecule has 0 bridgehead atoms. The number of nitrogens with one attached hydrogen (secondary N) is 1. The highest BCUT2D eigenvalue weighted by Crippen LogP contribution is 2.25. The molecule has 1 amide bonds. The zero-order valence-corrected chi connectivity index (χ0v) is 13.6. The summed E-state index contributed by atoms with van der Waals surface area (Å²) in [5.41, 5.74) is 1.06. The van der Waals surface area contributed by atoms with E-state index < -0.39 is 5.97 Å². The van der Waals surface area contributed by atoms with E-state index in [1.165, 1.54) is 0 Å². The fourth-order valence-corrected chi connectivity index (χ4v) is 2.43. The highest BCUT2D eigenvalue weighted by Gasteiger charge is 2.05. The van der Waals surface area contributed by atoms with Crippen molar-refractivity contribution in [2.24, 2.45) is 0 Å². The number of rotatable bonds is 9. The molecule has 0 unspecified atom stereocenters. The highest BCUT2D eigenvalue weighted by molar-refractivity contribution is 9.10. The SMILES string of the molecule is COc1ccc(CCC(=O)NCCCCC(=O)O)cc1Br. The van der Waals surface area contributed by atoms with Crippen LogP contribution in [0.5, 0.6) is 5.75 Å². The van der Waals surface area contributed by atoms with Gasteiger partial charge in [0.05, 0.1) is 11.6 Å². The van der Waals surface area contributed by atoms with Crippen molar-refractivity contribution in [3.05, 3.63) is 28.2 Å². The highest BCUT2D eigenvalue weighted by atomic mass is 79.9. The predicted octanol–water partition coefficient (Wildman–Crippen LogP) is 2.76. The molecule has 0 aliphatic rings. The van der Waals surface area contributed by atoms with Crippen molar-refractivity contribution in [1.82, 2.24) is 5.32 Å². The van der Waals surface area contributed by atoms with Crippen molar-refractivity contribution in [3.8, 4) is 5.75 Å². The lowest BCUT2D eigenvalue weighted by molar-refractivity contribution is -0.137. The summed E-state index contributed by atoms with van der Waals surface area (Å²) in [5.74, 6) is -0.0506. The summed E-state index contributed by atoms with van der Waals surface area (Å²) in [4.78, 5) is 22.0. The third kappa shape index (κ3) is 7.13. The summed E-state index contributed by atoms with van der Waals surface area (Å²) in [5, 5.41) is 11.3. The minimum atomic E-state index is -0.800. The van der Waals surface area contributed by atoms with Gasteiger partial charge in [0, 0.05) is 19.4 Å². The standard InChI is InChI=1S/C15H20BrNO4/c1-21-13-7-5-11(10-12(13)16)6-8-14(18)17-9-3-2-4-15(19)20/h5,7,10H,2-4,6,8-9H2,1H3,(H,17,18)(H,19,20). The molecule has 0 radical (unpaired) electrons. The van der Waals surface area contributed by atoms with E-state index in [0.717, 1.165) is 15.8 Å². The van der Waals surface area contributed by atoms with Crippen molar-refractivity contribution in [2.45, 2.75) is 32.1 Å². The van der Waals surface area contributed by atoms with Gasteiger partial charge in [0.1, 0.15) is 5.75 Å². The third-order valence-corrected chi connectivity index (χ3v) is 3.62. The van der Waals surface area contributed by atoms with Crippen LogP contribution in [0.1, 0.15) is 31.2 Å². The van der Waals surface area contributed by atoms with Gasteiger partial charge in [-0.15, -0.1) is 0 Å². The second kappa shape index (κ2) is 9.39. The maximum Gasteiger partial charge on any atom is 0.303 e. The Kier molecular flexibility index (Phi) is 7.82. The maximum absolute atomic E-state index is 11.7. The lowest BCUT2D eigenvalue weighted by atomic mass is 10.1. The van der Waals surface area contributed by atoms with Gasteiger partial charge in [0.15, 0.2) is 0 Å². The number of halogens is 1. The number of hydrogen-bond acceptors (Lipinski definition) is 3. The molecule has 1 aromatic rings. The van der Waals surface area contributed by atoms with E-state index in [1.54, 1.807) is 7.11 Å². The molecule has 0 aromatic heterocycles. The lowest BCUT2D eigenvalue weighted by Crippen LogP contribution is -2.24. The van der Waals surface area contributed by atoms with Crippen LogP contribution in [0.2, 0.25) is 0 Å². The molecule has 0 saturated heterocycles. The Balaban J connectivity index is 2.23. The molecule has 116 valence electrons. The van der Waals surface area contributed by atoms with Crippen LogP contribution in [0.4, 0.5) is 0 Å². The van der Waals surface area contributed by atoms with Gasteiger partial charge < -0.3 is 15.2 Å². The van der Waals surface area contributed by atoms with Crippen LogP contribution in [0.25, 0.3) is 0 Å². The molecule has 0 spiro atoms. The van der Waals surface area contributed by atoms with Gasteiger partial charge in [-0.1, -0.05) is 6.07 Å². The average Bonchev–Trinajstić information content (AvgIpc) is 2.44. The van der Waals surface area contributed by atoms with Crippen molar-refractivity contribution < 1.29 is 19.4 Å². The molecule has 2 N–H and O–H groups in total. The first-order valence-electron chi connectivity index (χ1n) is 6.84. The number of benzene rings is 1. The Morgan fingerprint density at radius 2 is 2.05 bits per heavy atom. The number of carbonyl (C=O) groups excluding carboxylic acids is 1. The number of amides is 1. The largest absolute Gasteiger partial charge is 0.496 e. The molecule has 0 saturated carbocycles. The van der Waals surface area contributed by atoms with Gasteiger partial charge in [-0.3, -0.25) is 9.59 Å². The number of carbonyl (C=O) groups is 2. The van der Waals surface area contributed by atoms with Gasteiger partial charge in [-0.2, -0.15) is 0 Å². The zero-order chi connectivity index (χ0) is 15.7. The predicted molar refractivity (Wildman–Crippen MR) is 83.5 cm³/mol. The number of aliphatic carboxylic acids is 1. The molecule has 0 aliphatic carbocycles. The van der Waals surface area contributed by atoms with E-state index in [4.69, 9.17) is 9.84 Å². The second-order valence-electron chi connectivity index (χ2n) is 4.67. The number of hydrogen-bond donors (Lipinski definition) is 2. The number of carboxylic acids is 1. The van der Waals surface area contributed by atoms with Gasteiger partial charge in [-0.25, -0.2) is 0 Å². The monoisotopic (exact) mass is 357 g/mol. The summed E-state index contributed by atoms with van der Waals surface area (Å²) in [6.07, 6.45) is 2.49. The molecule has 0 fully saturated rings. The third-order valence-electron chi connectivity index (χ3n) is 3.00. The minimum Gasteiger partial charge on any atom is -0.496 e. The topological polar surface area (TPSA) is 75.6 Å². The van der Waals surface area contributed by atoms with Gasteiger partial charge >= 0.3 is 5.97 Å². The Hall–Kier alpha value is -1.56. The van der Waals surface area contributed by atoms with E-state index in [1.807, 2.05) is 18.2 Å². The van der Waals surface area contributed by atoms with E-state index in [-0.39, 0.29) is 12.3 Å². The maximum atomic E-state index is 11.7. The molecule has 6 heteroatoms. The fourth-order valence-electron chi connectivity index (χ4n) is 1.84. The van der Waals surface area contributed by atoms with Crippen LogP contribution < -0.4 is 10.1 Å². The molecule has 5 nitrogen and oxygen atoms in total. The summed E-state index contributed by atoms with van der Waals surface area (Å²) in [6, 6.07) is 5.74. The molecule has 0 heterocycles. The first-order chi connectivity index (χ1) is 10.0. The van der Waals surface area contributed by atoms with E-state index >= 15 is 0 Å². The Bertz CT molecular complexity index is 491. The van der Waals surface area contributed by atoms with Gasteiger partial charge in [0.2, 0.25) is 5.91 Å². The van der Waals surface area contributed by atoms with Crippen LogP contribution in [0.3, 0.4) is 0 Å². The molecular weight excluding hydrogens is 338 g/mol. The Morgan fingerprint density at radius 1 is 1.29 bits per heavy atom. The van der Waals surface area contributed by atoms with E-state index in [2.05, 4.69) is 21.2 Å². The van der Waals surface area contributed by atoms with Crippen LogP contribution in [-0.2, 0) is 16.0 Å². The molecule has 0 atom stereocenters. The molecular formula is C15H20BrNO4. The summed E-state index contributed by atoms with van der Waals surface area (Å²) in [6.45, 7) is 0.526. The summed E-state index contributed by atoms with van der Waals surface area (Å²) in [7, 11) is 1.61. The molecule has 1 aromatic carbocycles. The number of unbranched alkanes of at least 4 members (excludes halogenated alkanes) is 1. The number of ether oxygens (including phenoxy) is 1. The second-order valence-corrected chi connectivity index (χ2v) is 5.52. The smallest absolute Gasteiger partial charge is 0.303 e. The molecule has 0 aliphatic heterocycles. The van der Waals surface area contributed by atoms with Gasteiger partial charge in [-0.05, 0) is 52.9 Å². The summed E-state index contributed by atoms with van der Waals surface area (Å²) >= 11 is 3.41. The lowest BCUT2D eigenvalue weighted by Gasteiger charge is -2.07. The first-order valence-corrected chi connectivity index (χ1v) is 7.63. The Morgan fingerprint density at radius 3 is 2.67 bits per heavy atom. The van der Waals surface area contributed by atoms with E-state index in [9.17, 15) is 9.59 Å². The van der Waals surface area contributed by atoms with Crippen molar-refractivity contribution in [2.75, 3.05) is 13.7 Å². The quantitative estimate of drug-likeness (QED) is 0.666.